The lowest BCUT2D eigenvalue weighted by Gasteiger charge is -2.24. The maximum Gasteiger partial charge on any atom is 0.0640 e. The van der Waals surface area contributed by atoms with Crippen LogP contribution in [0, 0.1) is 0 Å². The van der Waals surface area contributed by atoms with Crippen molar-refractivity contribution >= 4 is 23.2 Å². The van der Waals surface area contributed by atoms with Crippen LogP contribution in [0.2, 0.25) is 10.0 Å². The minimum Gasteiger partial charge on any atom is -0.310 e. The molecule has 0 spiro atoms. The quantitative estimate of drug-likeness (QED) is 0.759. The van der Waals surface area contributed by atoms with Crippen LogP contribution in [0.5, 0.6) is 0 Å². The fourth-order valence-electron chi connectivity index (χ4n) is 2.51. The molecule has 0 heterocycles. The van der Waals surface area contributed by atoms with E-state index in [0.29, 0.717) is 10.0 Å². The van der Waals surface area contributed by atoms with E-state index in [9.17, 15) is 0 Å². The van der Waals surface area contributed by atoms with Crippen molar-refractivity contribution in [1.82, 2.24) is 10.2 Å². The zero-order valence-electron chi connectivity index (χ0n) is 12.3. The summed E-state index contributed by atoms with van der Waals surface area (Å²) in [5.74, 6) is 0. The molecule has 0 amide bonds. The topological polar surface area (TPSA) is 15.3 Å². The predicted molar refractivity (Wildman–Crippen MR) is 87.8 cm³/mol. The fourth-order valence-corrected chi connectivity index (χ4v) is 2.95. The molecule has 1 N–H and O–H groups in total. The van der Waals surface area contributed by atoms with Gasteiger partial charge in [-0.15, -0.1) is 0 Å². The number of benzene rings is 1. The highest BCUT2D eigenvalue weighted by Crippen LogP contribution is 2.32. The first-order valence-electron chi connectivity index (χ1n) is 7.51. The van der Waals surface area contributed by atoms with E-state index >= 15 is 0 Å². The molecule has 112 valence electrons. The number of rotatable bonds is 8. The van der Waals surface area contributed by atoms with Crippen molar-refractivity contribution in [1.29, 1.82) is 0 Å². The third-order valence-corrected chi connectivity index (χ3v) is 4.77. The fraction of sp³-hybridized carbons (Fsp3) is 0.625. The van der Waals surface area contributed by atoms with E-state index in [1.54, 1.807) is 0 Å². The largest absolute Gasteiger partial charge is 0.310 e. The Morgan fingerprint density at radius 1 is 1.35 bits per heavy atom. The SMILES string of the molecule is CCCNC(CCN(C)C1CC1)c1cccc(Cl)c1Cl. The van der Waals surface area contributed by atoms with Gasteiger partial charge in [0.15, 0.2) is 0 Å². The van der Waals surface area contributed by atoms with Gasteiger partial charge in [-0.05, 0) is 57.5 Å². The van der Waals surface area contributed by atoms with Crippen molar-refractivity contribution in [3.8, 4) is 0 Å². The second-order valence-corrected chi connectivity index (χ2v) is 6.44. The Morgan fingerprint density at radius 3 is 2.75 bits per heavy atom. The first-order chi connectivity index (χ1) is 9.63. The highest BCUT2D eigenvalue weighted by Gasteiger charge is 2.26. The maximum atomic E-state index is 6.37. The van der Waals surface area contributed by atoms with Crippen LogP contribution in [0.25, 0.3) is 0 Å². The van der Waals surface area contributed by atoms with Crippen LogP contribution in [0.1, 0.15) is 44.2 Å². The van der Waals surface area contributed by atoms with Gasteiger partial charge >= 0.3 is 0 Å². The molecule has 0 saturated heterocycles. The van der Waals surface area contributed by atoms with Gasteiger partial charge in [0.1, 0.15) is 0 Å². The molecule has 1 aromatic rings. The van der Waals surface area contributed by atoms with Crippen LogP contribution in [-0.2, 0) is 0 Å². The van der Waals surface area contributed by atoms with Gasteiger partial charge in [0, 0.05) is 12.1 Å². The standard InChI is InChI=1S/C16H24Cl2N2/c1-3-10-19-15(9-11-20(2)12-7-8-12)13-5-4-6-14(17)16(13)18/h4-6,12,15,19H,3,7-11H2,1-2H3. The average molecular weight is 315 g/mol. The number of nitrogens with one attached hydrogen (secondary N) is 1. The molecule has 1 aliphatic rings. The van der Waals surface area contributed by atoms with Crippen molar-refractivity contribution in [2.24, 2.45) is 0 Å². The second kappa shape index (κ2) is 7.65. The third kappa shape index (κ3) is 4.36. The highest BCUT2D eigenvalue weighted by molar-refractivity contribution is 6.42. The van der Waals surface area contributed by atoms with Gasteiger partial charge in [0.25, 0.3) is 0 Å². The molecule has 0 bridgehead atoms. The molecule has 2 nitrogen and oxygen atoms in total. The summed E-state index contributed by atoms with van der Waals surface area (Å²) >= 11 is 12.5. The highest BCUT2D eigenvalue weighted by atomic mass is 35.5. The van der Waals surface area contributed by atoms with Gasteiger partial charge in [-0.2, -0.15) is 0 Å². The lowest BCUT2D eigenvalue weighted by molar-refractivity contribution is 0.298. The summed E-state index contributed by atoms with van der Waals surface area (Å²) in [5, 5.41) is 4.93. The summed E-state index contributed by atoms with van der Waals surface area (Å²) in [7, 11) is 2.22. The van der Waals surface area contributed by atoms with E-state index in [0.717, 1.165) is 37.5 Å². The van der Waals surface area contributed by atoms with Gasteiger partial charge in [0.05, 0.1) is 10.0 Å². The number of hydrogen-bond donors (Lipinski definition) is 1. The molecule has 1 aliphatic carbocycles. The van der Waals surface area contributed by atoms with Crippen molar-refractivity contribution < 1.29 is 0 Å². The third-order valence-electron chi connectivity index (χ3n) is 3.94. The summed E-state index contributed by atoms with van der Waals surface area (Å²) < 4.78 is 0. The summed E-state index contributed by atoms with van der Waals surface area (Å²) in [4.78, 5) is 2.46. The molecule has 1 unspecified atom stereocenters. The molecule has 2 rings (SSSR count). The molecule has 0 aromatic heterocycles. The van der Waals surface area contributed by atoms with Crippen molar-refractivity contribution in [2.75, 3.05) is 20.1 Å². The normalized spacial score (nSPS) is 16.6. The van der Waals surface area contributed by atoms with E-state index < -0.39 is 0 Å². The van der Waals surface area contributed by atoms with Gasteiger partial charge in [0.2, 0.25) is 0 Å². The van der Waals surface area contributed by atoms with Gasteiger partial charge in [-0.3, -0.25) is 0 Å². The van der Waals surface area contributed by atoms with Gasteiger partial charge in [-0.1, -0.05) is 42.3 Å². The van der Waals surface area contributed by atoms with Crippen molar-refractivity contribution in [2.45, 2.75) is 44.7 Å². The van der Waals surface area contributed by atoms with Crippen LogP contribution in [0.15, 0.2) is 18.2 Å². The average Bonchev–Trinajstić information content (AvgIpc) is 3.27. The van der Waals surface area contributed by atoms with E-state index in [4.69, 9.17) is 23.2 Å². The summed E-state index contributed by atoms with van der Waals surface area (Å²) in [6.07, 6.45) is 4.88. The van der Waals surface area contributed by atoms with Crippen molar-refractivity contribution in [3.05, 3.63) is 33.8 Å². The maximum absolute atomic E-state index is 6.37. The molecule has 0 radical (unpaired) electrons. The minimum atomic E-state index is 0.280. The number of hydrogen-bond acceptors (Lipinski definition) is 2. The Kier molecular flexibility index (Phi) is 6.16. The van der Waals surface area contributed by atoms with Gasteiger partial charge < -0.3 is 10.2 Å². The number of halogens is 2. The first kappa shape index (κ1) is 16.1. The lowest BCUT2D eigenvalue weighted by Crippen LogP contribution is -2.29. The Hall–Kier alpha value is -0.280. The monoisotopic (exact) mass is 314 g/mol. The van der Waals surface area contributed by atoms with Crippen LogP contribution < -0.4 is 5.32 Å². The molecular formula is C16H24Cl2N2. The predicted octanol–water partition coefficient (Wildman–Crippen LogP) is 4.52. The summed E-state index contributed by atoms with van der Waals surface area (Å²) in [6.45, 7) is 4.27. The van der Waals surface area contributed by atoms with Crippen LogP contribution >= 0.6 is 23.2 Å². The van der Waals surface area contributed by atoms with E-state index in [2.05, 4.69) is 30.3 Å². The smallest absolute Gasteiger partial charge is 0.0640 e. The van der Waals surface area contributed by atoms with Crippen LogP contribution in [-0.4, -0.2) is 31.1 Å². The van der Waals surface area contributed by atoms with Crippen LogP contribution in [0.3, 0.4) is 0 Å². The molecule has 1 atom stereocenters. The Morgan fingerprint density at radius 2 is 2.10 bits per heavy atom. The second-order valence-electron chi connectivity index (χ2n) is 5.65. The van der Waals surface area contributed by atoms with E-state index in [-0.39, 0.29) is 6.04 Å². The number of nitrogens with zero attached hydrogens (tertiary/aromatic N) is 1. The Labute approximate surface area is 132 Å². The molecular weight excluding hydrogens is 291 g/mol. The summed E-state index contributed by atoms with van der Waals surface area (Å²) in [5.41, 5.74) is 1.12. The van der Waals surface area contributed by atoms with Crippen molar-refractivity contribution in [3.63, 3.8) is 0 Å². The molecule has 20 heavy (non-hydrogen) atoms. The Balaban J connectivity index is 2.03. The zero-order chi connectivity index (χ0) is 14.5. The van der Waals surface area contributed by atoms with Crippen LogP contribution in [0.4, 0.5) is 0 Å². The minimum absolute atomic E-state index is 0.280. The molecule has 1 saturated carbocycles. The van der Waals surface area contributed by atoms with Gasteiger partial charge in [-0.25, -0.2) is 0 Å². The Bertz CT molecular complexity index is 432. The summed E-state index contributed by atoms with van der Waals surface area (Å²) in [6, 6.07) is 6.99. The lowest BCUT2D eigenvalue weighted by atomic mass is 10.0. The first-order valence-corrected chi connectivity index (χ1v) is 8.26. The molecule has 1 fully saturated rings. The molecule has 1 aromatic carbocycles. The zero-order valence-corrected chi connectivity index (χ0v) is 13.8. The molecule has 0 aliphatic heterocycles. The molecule has 4 heteroatoms. The van der Waals surface area contributed by atoms with E-state index in [1.807, 2.05) is 12.1 Å². The van der Waals surface area contributed by atoms with E-state index in [1.165, 1.54) is 12.8 Å².